The summed E-state index contributed by atoms with van der Waals surface area (Å²) >= 11 is 0. The maximum absolute atomic E-state index is 12.0. The van der Waals surface area contributed by atoms with Gasteiger partial charge in [0.05, 0.1) is 6.54 Å². The van der Waals surface area contributed by atoms with Crippen LogP contribution in [0.15, 0.2) is 53.5 Å². The number of rotatable bonds is 9. The normalized spacial score (nSPS) is 10.8. The number of carbonyl (C=O) groups excluding carboxylic acids is 1. The van der Waals surface area contributed by atoms with Crippen LogP contribution in [0.2, 0.25) is 0 Å². The zero-order valence-electron chi connectivity index (χ0n) is 19.3. The van der Waals surface area contributed by atoms with Crippen molar-refractivity contribution in [3.05, 3.63) is 65.2 Å². The minimum Gasteiger partial charge on any atom is -0.370 e. The molecule has 0 atom stereocenters. The quantitative estimate of drug-likeness (QED) is 0.290. The molecule has 0 saturated heterocycles. The van der Waals surface area contributed by atoms with Gasteiger partial charge in [0.15, 0.2) is 5.96 Å². The van der Waals surface area contributed by atoms with Gasteiger partial charge in [0, 0.05) is 51.5 Å². The largest absolute Gasteiger partial charge is 0.370 e. The van der Waals surface area contributed by atoms with Gasteiger partial charge in [-0.1, -0.05) is 24.3 Å². The van der Waals surface area contributed by atoms with Crippen LogP contribution < -0.4 is 15.5 Å². The standard InChI is InChI=1S/C24H35N5O.HI/c1-6-25-24(26-15-16-29(7-2)22-10-8-9-19(3)17-22)27-18-20-11-13-21(14-12-20)23(30)28(4)5;/h8-14,17H,6-7,15-16,18H2,1-5H3,(H2,25,26,27);1H. The lowest BCUT2D eigenvalue weighted by Crippen LogP contribution is -2.41. The Morgan fingerprint density at radius 1 is 1.03 bits per heavy atom. The molecule has 0 heterocycles. The number of aryl methyl sites for hydroxylation is 1. The van der Waals surface area contributed by atoms with Gasteiger partial charge in [-0.3, -0.25) is 4.79 Å². The van der Waals surface area contributed by atoms with Crippen molar-refractivity contribution >= 4 is 41.5 Å². The van der Waals surface area contributed by atoms with Crippen molar-refractivity contribution in [3.8, 4) is 0 Å². The minimum absolute atomic E-state index is 0. The monoisotopic (exact) mass is 537 g/mol. The SMILES string of the molecule is CCNC(=NCc1ccc(C(=O)N(C)C)cc1)NCCN(CC)c1cccc(C)c1.I. The number of aliphatic imine (C=N–C) groups is 1. The summed E-state index contributed by atoms with van der Waals surface area (Å²) in [6.45, 7) is 10.4. The molecule has 0 aliphatic heterocycles. The fourth-order valence-corrected chi connectivity index (χ4v) is 3.13. The van der Waals surface area contributed by atoms with E-state index in [0.29, 0.717) is 12.1 Å². The second kappa shape index (κ2) is 13.9. The van der Waals surface area contributed by atoms with E-state index >= 15 is 0 Å². The average Bonchev–Trinajstić information content (AvgIpc) is 2.74. The van der Waals surface area contributed by atoms with E-state index < -0.39 is 0 Å². The number of hydrogen-bond acceptors (Lipinski definition) is 3. The molecule has 0 unspecified atom stereocenters. The molecule has 2 N–H and O–H groups in total. The van der Waals surface area contributed by atoms with Gasteiger partial charge in [-0.25, -0.2) is 4.99 Å². The maximum Gasteiger partial charge on any atom is 0.253 e. The third-order valence-corrected chi connectivity index (χ3v) is 4.79. The van der Waals surface area contributed by atoms with Crippen LogP contribution in [-0.4, -0.2) is 57.0 Å². The van der Waals surface area contributed by atoms with Crippen LogP contribution in [0.4, 0.5) is 5.69 Å². The third-order valence-electron chi connectivity index (χ3n) is 4.79. The number of halogens is 1. The molecule has 0 aromatic heterocycles. The van der Waals surface area contributed by atoms with E-state index in [0.717, 1.165) is 37.7 Å². The van der Waals surface area contributed by atoms with E-state index in [1.54, 1.807) is 19.0 Å². The first kappa shape index (κ1) is 26.7. The topological polar surface area (TPSA) is 60.0 Å². The zero-order chi connectivity index (χ0) is 21.9. The highest BCUT2D eigenvalue weighted by atomic mass is 127. The fraction of sp³-hybridized carbons (Fsp3) is 0.417. The summed E-state index contributed by atoms with van der Waals surface area (Å²) in [4.78, 5) is 20.6. The highest BCUT2D eigenvalue weighted by Gasteiger charge is 2.08. The first-order valence-electron chi connectivity index (χ1n) is 10.6. The molecule has 0 radical (unpaired) electrons. The number of nitrogens with one attached hydrogen (secondary N) is 2. The zero-order valence-corrected chi connectivity index (χ0v) is 21.6. The van der Waals surface area contributed by atoms with Crippen LogP contribution in [0.5, 0.6) is 0 Å². The van der Waals surface area contributed by atoms with Crippen LogP contribution >= 0.6 is 24.0 Å². The number of benzene rings is 2. The molecule has 2 aromatic rings. The van der Waals surface area contributed by atoms with Gasteiger partial charge >= 0.3 is 0 Å². The molecule has 7 heteroatoms. The smallest absolute Gasteiger partial charge is 0.253 e. The first-order valence-corrected chi connectivity index (χ1v) is 10.6. The molecule has 0 saturated carbocycles. The molecule has 6 nitrogen and oxygen atoms in total. The highest BCUT2D eigenvalue weighted by molar-refractivity contribution is 14.0. The van der Waals surface area contributed by atoms with E-state index in [4.69, 9.17) is 0 Å². The number of carbonyl (C=O) groups is 1. The van der Waals surface area contributed by atoms with Crippen molar-refractivity contribution in [3.63, 3.8) is 0 Å². The maximum atomic E-state index is 12.0. The van der Waals surface area contributed by atoms with E-state index in [1.165, 1.54) is 11.3 Å². The summed E-state index contributed by atoms with van der Waals surface area (Å²) < 4.78 is 0. The lowest BCUT2D eigenvalue weighted by molar-refractivity contribution is 0.0827. The Morgan fingerprint density at radius 3 is 2.32 bits per heavy atom. The number of guanidine groups is 1. The molecule has 2 rings (SSSR count). The molecular weight excluding hydrogens is 501 g/mol. The van der Waals surface area contributed by atoms with Gasteiger partial charge in [0.2, 0.25) is 0 Å². The molecule has 170 valence electrons. The average molecular weight is 537 g/mol. The highest BCUT2D eigenvalue weighted by Crippen LogP contribution is 2.15. The number of hydrogen-bond donors (Lipinski definition) is 2. The summed E-state index contributed by atoms with van der Waals surface area (Å²) in [5.41, 5.74) is 4.27. The molecule has 31 heavy (non-hydrogen) atoms. The van der Waals surface area contributed by atoms with Crippen molar-refractivity contribution in [2.75, 3.05) is 45.2 Å². The summed E-state index contributed by atoms with van der Waals surface area (Å²) in [6, 6.07) is 16.2. The molecule has 0 aliphatic rings. The fourth-order valence-electron chi connectivity index (χ4n) is 3.13. The predicted molar refractivity (Wildman–Crippen MR) is 142 cm³/mol. The Kier molecular flexibility index (Phi) is 12.0. The Hall–Kier alpha value is -2.29. The van der Waals surface area contributed by atoms with Crippen molar-refractivity contribution in [1.82, 2.24) is 15.5 Å². The van der Waals surface area contributed by atoms with E-state index in [-0.39, 0.29) is 29.9 Å². The predicted octanol–water partition coefficient (Wildman–Crippen LogP) is 3.90. The molecule has 0 fully saturated rings. The molecule has 0 bridgehead atoms. The van der Waals surface area contributed by atoms with E-state index in [1.807, 2.05) is 24.3 Å². The molecule has 2 aromatic carbocycles. The van der Waals surface area contributed by atoms with Gasteiger partial charge in [-0.05, 0) is 56.2 Å². The van der Waals surface area contributed by atoms with Gasteiger partial charge in [-0.2, -0.15) is 0 Å². The van der Waals surface area contributed by atoms with Crippen LogP contribution in [0.25, 0.3) is 0 Å². The molecule has 1 amide bonds. The Morgan fingerprint density at radius 2 is 1.74 bits per heavy atom. The lowest BCUT2D eigenvalue weighted by atomic mass is 10.1. The Balaban J connectivity index is 0.00000480. The van der Waals surface area contributed by atoms with E-state index in [2.05, 4.69) is 65.6 Å². The molecule has 0 aliphatic carbocycles. The van der Waals surface area contributed by atoms with Crippen molar-refractivity contribution in [2.24, 2.45) is 4.99 Å². The lowest BCUT2D eigenvalue weighted by Gasteiger charge is -2.24. The van der Waals surface area contributed by atoms with E-state index in [9.17, 15) is 4.79 Å². The minimum atomic E-state index is 0. The Labute approximate surface area is 204 Å². The van der Waals surface area contributed by atoms with Crippen LogP contribution in [-0.2, 0) is 6.54 Å². The van der Waals surface area contributed by atoms with Crippen LogP contribution in [0, 0.1) is 6.92 Å². The second-order valence-corrected chi connectivity index (χ2v) is 7.44. The van der Waals surface area contributed by atoms with Crippen molar-refractivity contribution < 1.29 is 4.79 Å². The van der Waals surface area contributed by atoms with Gasteiger partial charge in [0.1, 0.15) is 0 Å². The van der Waals surface area contributed by atoms with Crippen LogP contribution in [0.1, 0.15) is 35.3 Å². The summed E-state index contributed by atoms with van der Waals surface area (Å²) in [5.74, 6) is 0.806. The number of anilines is 1. The first-order chi connectivity index (χ1) is 14.4. The number of nitrogens with zero attached hydrogens (tertiary/aromatic N) is 3. The number of amides is 1. The molecular formula is C24H36IN5O. The number of likely N-dealkylation sites (N-methyl/N-ethyl adjacent to an activating group) is 1. The second-order valence-electron chi connectivity index (χ2n) is 7.44. The van der Waals surface area contributed by atoms with Crippen molar-refractivity contribution in [2.45, 2.75) is 27.3 Å². The molecule has 0 spiro atoms. The van der Waals surface area contributed by atoms with Gasteiger partial charge < -0.3 is 20.4 Å². The van der Waals surface area contributed by atoms with Gasteiger partial charge in [-0.15, -0.1) is 24.0 Å². The van der Waals surface area contributed by atoms with Gasteiger partial charge in [0.25, 0.3) is 5.91 Å². The van der Waals surface area contributed by atoms with Crippen molar-refractivity contribution in [1.29, 1.82) is 0 Å². The Bertz CT molecular complexity index is 836. The third kappa shape index (κ3) is 8.77. The summed E-state index contributed by atoms with van der Waals surface area (Å²) in [7, 11) is 3.51. The van der Waals surface area contributed by atoms with Crippen LogP contribution in [0.3, 0.4) is 0 Å². The summed E-state index contributed by atoms with van der Waals surface area (Å²) in [6.07, 6.45) is 0. The summed E-state index contributed by atoms with van der Waals surface area (Å²) in [5, 5.41) is 6.72.